The van der Waals surface area contributed by atoms with Gasteiger partial charge in [0.2, 0.25) is 0 Å². The van der Waals surface area contributed by atoms with Crippen molar-refractivity contribution in [2.45, 2.75) is 18.9 Å². The van der Waals surface area contributed by atoms with Crippen LogP contribution in [0.2, 0.25) is 0 Å². The Labute approximate surface area is 152 Å². The quantitative estimate of drug-likeness (QED) is 0.619. The lowest BCUT2D eigenvalue weighted by molar-refractivity contribution is -0.384. The number of carbonyl (C=O) groups excluding carboxylic acids is 1. The number of anilines is 1. The number of likely N-dealkylation sites (tertiary alicyclic amines) is 1. The van der Waals surface area contributed by atoms with Crippen molar-refractivity contribution in [3.63, 3.8) is 0 Å². The molecule has 1 N–H and O–H groups in total. The number of nitro groups is 1. The van der Waals surface area contributed by atoms with Gasteiger partial charge >= 0.3 is 0 Å². The summed E-state index contributed by atoms with van der Waals surface area (Å²) in [6, 6.07) is 4.89. The number of aromatic nitrogens is 2. The van der Waals surface area contributed by atoms with Crippen molar-refractivity contribution >= 4 is 33.2 Å². The number of halogens is 1. The van der Waals surface area contributed by atoms with Gasteiger partial charge in [-0.1, -0.05) is 15.9 Å². The number of hydrogen-bond donors (Lipinski definition) is 1. The van der Waals surface area contributed by atoms with Gasteiger partial charge in [0, 0.05) is 42.1 Å². The first kappa shape index (κ1) is 17.3. The Morgan fingerprint density at radius 1 is 1.32 bits per heavy atom. The first-order chi connectivity index (χ1) is 12.0. The van der Waals surface area contributed by atoms with Gasteiger partial charge in [-0.05, 0) is 25.0 Å². The fourth-order valence-electron chi connectivity index (χ4n) is 2.80. The number of carbonyl (C=O) groups is 1. The van der Waals surface area contributed by atoms with Crippen molar-refractivity contribution in [1.29, 1.82) is 0 Å². The molecule has 0 atom stereocenters. The molecule has 3 rings (SSSR count). The lowest BCUT2D eigenvalue weighted by Gasteiger charge is -2.32. The van der Waals surface area contributed by atoms with Gasteiger partial charge < -0.3 is 10.2 Å². The molecule has 1 amide bonds. The lowest BCUT2D eigenvalue weighted by Crippen LogP contribution is -2.42. The van der Waals surface area contributed by atoms with Crippen molar-refractivity contribution in [3.8, 4) is 0 Å². The molecule has 1 saturated heterocycles. The Balaban J connectivity index is 1.63. The van der Waals surface area contributed by atoms with E-state index in [1.165, 1.54) is 24.7 Å². The van der Waals surface area contributed by atoms with Crippen LogP contribution in [0.4, 0.5) is 11.4 Å². The number of rotatable bonds is 4. The van der Waals surface area contributed by atoms with Gasteiger partial charge in [0.1, 0.15) is 11.4 Å². The van der Waals surface area contributed by atoms with Crippen LogP contribution < -0.4 is 5.32 Å². The van der Waals surface area contributed by atoms with Crippen LogP contribution in [0.15, 0.2) is 41.3 Å². The van der Waals surface area contributed by atoms with Gasteiger partial charge in [-0.25, -0.2) is 4.98 Å². The second-order valence-corrected chi connectivity index (χ2v) is 6.64. The molecule has 0 saturated carbocycles. The monoisotopic (exact) mass is 405 g/mol. The Morgan fingerprint density at radius 3 is 2.72 bits per heavy atom. The molecule has 1 aromatic heterocycles. The summed E-state index contributed by atoms with van der Waals surface area (Å²) >= 11 is 3.34. The fourth-order valence-corrected chi connectivity index (χ4v) is 3.16. The molecule has 25 heavy (non-hydrogen) atoms. The number of benzene rings is 1. The van der Waals surface area contributed by atoms with Crippen molar-refractivity contribution in [2.24, 2.45) is 0 Å². The number of piperidine rings is 1. The van der Waals surface area contributed by atoms with Gasteiger partial charge in [-0.3, -0.25) is 19.9 Å². The van der Waals surface area contributed by atoms with Crippen LogP contribution in [0, 0.1) is 10.1 Å². The minimum Gasteiger partial charge on any atom is -0.377 e. The molecule has 8 nitrogen and oxygen atoms in total. The summed E-state index contributed by atoms with van der Waals surface area (Å²) < 4.78 is 0.774. The number of nitrogens with one attached hydrogen (secondary N) is 1. The van der Waals surface area contributed by atoms with E-state index in [9.17, 15) is 14.9 Å². The van der Waals surface area contributed by atoms with Crippen LogP contribution in [-0.4, -0.2) is 44.8 Å². The maximum absolute atomic E-state index is 12.4. The Morgan fingerprint density at radius 2 is 2.08 bits per heavy atom. The molecule has 1 aliphatic heterocycles. The highest BCUT2D eigenvalue weighted by molar-refractivity contribution is 9.10. The lowest BCUT2D eigenvalue weighted by atomic mass is 10.0. The predicted octanol–water partition coefficient (Wildman–Crippen LogP) is 2.86. The second kappa shape index (κ2) is 7.56. The average Bonchev–Trinajstić information content (AvgIpc) is 2.62. The summed E-state index contributed by atoms with van der Waals surface area (Å²) in [5.74, 6) is -0.139. The van der Waals surface area contributed by atoms with Crippen molar-refractivity contribution in [2.75, 3.05) is 18.4 Å². The van der Waals surface area contributed by atoms with Crippen LogP contribution in [0.3, 0.4) is 0 Å². The normalized spacial score (nSPS) is 15.0. The van der Waals surface area contributed by atoms with Gasteiger partial charge in [0.15, 0.2) is 0 Å². The van der Waals surface area contributed by atoms with E-state index >= 15 is 0 Å². The molecule has 1 aliphatic rings. The third-order valence-corrected chi connectivity index (χ3v) is 4.57. The highest BCUT2D eigenvalue weighted by atomic mass is 79.9. The SMILES string of the molecule is O=C(c1cnccn1)N1CCC(Nc2cc(Br)ccc2[N+](=O)[O-])CC1. The largest absolute Gasteiger partial charge is 0.377 e. The van der Waals surface area contributed by atoms with Crippen molar-refractivity contribution < 1.29 is 9.72 Å². The zero-order valence-corrected chi connectivity index (χ0v) is 14.8. The van der Waals surface area contributed by atoms with Gasteiger partial charge in [-0.2, -0.15) is 0 Å². The molecule has 0 aliphatic carbocycles. The third-order valence-electron chi connectivity index (χ3n) is 4.08. The molecule has 0 unspecified atom stereocenters. The van der Waals surface area contributed by atoms with E-state index in [4.69, 9.17) is 0 Å². The minimum absolute atomic E-state index is 0.0428. The molecule has 0 spiro atoms. The number of hydrogen-bond acceptors (Lipinski definition) is 6. The van der Waals surface area contributed by atoms with Gasteiger partial charge in [0.05, 0.1) is 11.1 Å². The van der Waals surface area contributed by atoms with Crippen LogP contribution in [0.1, 0.15) is 23.3 Å². The highest BCUT2D eigenvalue weighted by Crippen LogP contribution is 2.29. The molecule has 0 radical (unpaired) electrons. The Hall–Kier alpha value is -2.55. The molecule has 2 heterocycles. The summed E-state index contributed by atoms with van der Waals surface area (Å²) in [6.45, 7) is 1.13. The zero-order chi connectivity index (χ0) is 17.8. The van der Waals surface area contributed by atoms with E-state index in [0.29, 0.717) is 37.3 Å². The molecule has 0 bridgehead atoms. The molecule has 9 heteroatoms. The third kappa shape index (κ3) is 4.11. The maximum Gasteiger partial charge on any atom is 0.292 e. The van der Waals surface area contributed by atoms with Crippen LogP contribution in [-0.2, 0) is 0 Å². The van der Waals surface area contributed by atoms with E-state index in [0.717, 1.165) is 4.47 Å². The van der Waals surface area contributed by atoms with E-state index in [1.54, 1.807) is 17.0 Å². The highest BCUT2D eigenvalue weighted by Gasteiger charge is 2.26. The topological polar surface area (TPSA) is 101 Å². The van der Waals surface area contributed by atoms with E-state index < -0.39 is 4.92 Å². The summed E-state index contributed by atoms with van der Waals surface area (Å²) in [7, 11) is 0. The van der Waals surface area contributed by atoms with Gasteiger partial charge in [0.25, 0.3) is 11.6 Å². The Kier molecular flexibility index (Phi) is 5.22. The second-order valence-electron chi connectivity index (χ2n) is 5.72. The molecule has 130 valence electrons. The van der Waals surface area contributed by atoms with E-state index in [1.807, 2.05) is 0 Å². The molecular formula is C16H16BrN5O3. The molecule has 1 aromatic carbocycles. The Bertz CT molecular complexity index is 779. The zero-order valence-electron chi connectivity index (χ0n) is 13.3. The molecule has 1 fully saturated rings. The molecule has 2 aromatic rings. The van der Waals surface area contributed by atoms with Crippen LogP contribution in [0.5, 0.6) is 0 Å². The van der Waals surface area contributed by atoms with Crippen molar-refractivity contribution in [1.82, 2.24) is 14.9 Å². The standard InChI is InChI=1S/C16H16BrN5O3/c17-11-1-2-15(22(24)25)13(9-11)20-12-3-7-21(8-4-12)16(23)14-10-18-5-6-19-14/h1-2,5-6,9-10,12,20H,3-4,7-8H2. The fraction of sp³-hybridized carbons (Fsp3) is 0.312. The summed E-state index contributed by atoms with van der Waals surface area (Å²) in [6.07, 6.45) is 5.88. The number of amides is 1. The minimum atomic E-state index is -0.401. The van der Waals surface area contributed by atoms with Crippen molar-refractivity contribution in [3.05, 3.63) is 57.1 Å². The summed E-state index contributed by atoms with van der Waals surface area (Å²) in [4.78, 5) is 32.8. The number of nitro benzene ring substituents is 1. The van der Waals surface area contributed by atoms with Crippen LogP contribution in [0.25, 0.3) is 0 Å². The number of nitrogens with zero attached hydrogens (tertiary/aromatic N) is 4. The van der Waals surface area contributed by atoms with Gasteiger partial charge in [-0.15, -0.1) is 0 Å². The van der Waals surface area contributed by atoms with E-state index in [2.05, 4.69) is 31.2 Å². The smallest absolute Gasteiger partial charge is 0.292 e. The first-order valence-corrected chi connectivity index (χ1v) is 8.59. The summed E-state index contributed by atoms with van der Waals surface area (Å²) in [5, 5.41) is 14.4. The first-order valence-electron chi connectivity index (χ1n) is 7.80. The summed E-state index contributed by atoms with van der Waals surface area (Å²) in [5.41, 5.74) is 0.857. The predicted molar refractivity (Wildman–Crippen MR) is 95.4 cm³/mol. The molecular weight excluding hydrogens is 390 g/mol. The van der Waals surface area contributed by atoms with Crippen LogP contribution >= 0.6 is 15.9 Å². The van der Waals surface area contributed by atoms with E-state index in [-0.39, 0.29) is 17.6 Å². The maximum atomic E-state index is 12.4. The average molecular weight is 406 g/mol.